The molecule has 4 heterocycles. The van der Waals surface area contributed by atoms with Gasteiger partial charge in [0.2, 0.25) is 23.6 Å². The van der Waals surface area contributed by atoms with Crippen molar-refractivity contribution >= 4 is 63.6 Å². The highest BCUT2D eigenvalue weighted by atomic mass is 35.5. The lowest BCUT2D eigenvalue weighted by Crippen LogP contribution is -2.60. The Morgan fingerprint density at radius 2 is 1.78 bits per heavy atom. The summed E-state index contributed by atoms with van der Waals surface area (Å²) in [5.74, 6) is -3.05. The first-order valence-corrected chi connectivity index (χ1v) is 19.4. The molecule has 12 nitrogen and oxygen atoms in total. The van der Waals surface area contributed by atoms with Gasteiger partial charge in [0.15, 0.2) is 0 Å². The van der Waals surface area contributed by atoms with E-state index in [2.05, 4.69) is 21.3 Å². The normalized spacial score (nSPS) is 24.5. The Bertz CT molecular complexity index is 2320. The van der Waals surface area contributed by atoms with E-state index in [0.29, 0.717) is 53.2 Å². The Labute approximate surface area is 326 Å². The number of carbonyl (C=O) groups excluding carboxylic acids is 4. The number of amides is 4. The summed E-state index contributed by atoms with van der Waals surface area (Å²) in [5.41, 5.74) is 1.15. The SMILES string of the molecule is CN(CCNC(=O)[C@@H]1NC2(CCCCC2)[C@@]2(C(=O)Nc3cc(Cl)ccc32)[C@H]1c1cccc(Cl)c1F)Cc1ccc2c(c1)n(C)c(=O)n2C1CCC(=O)NC1=O. The van der Waals surface area contributed by atoms with Gasteiger partial charge in [-0.3, -0.25) is 38.9 Å². The second kappa shape index (κ2) is 14.2. The highest BCUT2D eigenvalue weighted by Crippen LogP contribution is 2.62. The molecule has 4 aliphatic rings. The molecule has 3 aromatic carbocycles. The van der Waals surface area contributed by atoms with Gasteiger partial charge in [-0.1, -0.05) is 66.7 Å². The second-order valence-corrected chi connectivity index (χ2v) is 16.2. The number of imidazole rings is 1. The van der Waals surface area contributed by atoms with Crippen LogP contribution in [0.1, 0.15) is 73.6 Å². The van der Waals surface area contributed by atoms with Gasteiger partial charge >= 0.3 is 5.69 Å². The van der Waals surface area contributed by atoms with Gasteiger partial charge < -0.3 is 15.5 Å². The van der Waals surface area contributed by atoms with E-state index in [0.717, 1.165) is 24.8 Å². The van der Waals surface area contributed by atoms with Crippen molar-refractivity contribution in [2.75, 3.05) is 25.5 Å². The van der Waals surface area contributed by atoms with E-state index in [9.17, 15) is 24.0 Å². The quantitative estimate of drug-likeness (QED) is 0.190. The van der Waals surface area contributed by atoms with Gasteiger partial charge in [0, 0.05) is 55.3 Å². The van der Waals surface area contributed by atoms with E-state index >= 15 is 4.39 Å². The molecular weight excluding hydrogens is 748 g/mol. The fourth-order valence-electron chi connectivity index (χ4n) is 9.83. The number of hydrogen-bond donors (Lipinski definition) is 4. The maximum atomic E-state index is 16.2. The number of carbonyl (C=O) groups is 4. The third kappa shape index (κ3) is 5.98. The molecule has 0 bridgehead atoms. The number of aryl methyl sites for hydroxylation is 1. The average molecular weight is 791 g/mol. The number of imide groups is 1. The van der Waals surface area contributed by atoms with Crippen molar-refractivity contribution in [2.45, 2.75) is 80.4 Å². The van der Waals surface area contributed by atoms with Crippen LogP contribution in [-0.4, -0.2) is 69.4 Å². The lowest BCUT2D eigenvalue weighted by molar-refractivity contribution is -0.135. The van der Waals surface area contributed by atoms with Crippen LogP contribution in [0.2, 0.25) is 10.0 Å². The summed E-state index contributed by atoms with van der Waals surface area (Å²) in [6, 6.07) is 13.9. The molecule has 3 fully saturated rings. The summed E-state index contributed by atoms with van der Waals surface area (Å²) in [6.07, 6.45) is 4.34. The number of nitrogens with one attached hydrogen (secondary N) is 4. The second-order valence-electron chi connectivity index (χ2n) is 15.4. The predicted octanol–water partition coefficient (Wildman–Crippen LogP) is 4.66. The van der Waals surface area contributed by atoms with Crippen molar-refractivity contribution < 1.29 is 23.6 Å². The van der Waals surface area contributed by atoms with Gasteiger partial charge in [-0.15, -0.1) is 0 Å². The maximum Gasteiger partial charge on any atom is 0.329 e. The summed E-state index contributed by atoms with van der Waals surface area (Å²) in [4.78, 5) is 68.6. The van der Waals surface area contributed by atoms with Crippen molar-refractivity contribution in [1.29, 1.82) is 0 Å². The van der Waals surface area contributed by atoms with Crippen LogP contribution in [0.15, 0.2) is 59.4 Å². The average Bonchev–Trinajstić information content (AvgIpc) is 3.70. The first-order chi connectivity index (χ1) is 26.4. The first-order valence-electron chi connectivity index (χ1n) is 18.7. The van der Waals surface area contributed by atoms with Crippen LogP contribution in [0.25, 0.3) is 11.0 Å². The Hall–Kier alpha value is -4.56. The molecule has 3 aliphatic heterocycles. The fraction of sp³-hybridized carbons (Fsp3) is 0.425. The standard InChI is InChI=1S/C40H42Cl2FN7O5/c1-48(21-22-9-12-28-30(19-22)49(2)38(55)50(28)29-13-14-31(51)46-35(29)52)18-17-44-36(53)34-32(24-7-6-8-26(42)33(24)43)40(39(47-34)15-4-3-5-16-39)25-11-10-23(41)20-27(25)45-37(40)54/h6-12,19-20,29,32,34,47H,3-5,13-18,21H2,1-2H3,(H,44,53)(H,45,54)(H,46,51,52)/t29?,32-,34+,40+/m0/s1. The number of anilines is 1. The van der Waals surface area contributed by atoms with E-state index in [1.54, 1.807) is 31.3 Å². The summed E-state index contributed by atoms with van der Waals surface area (Å²) in [7, 11) is 3.57. The van der Waals surface area contributed by atoms with E-state index in [1.165, 1.54) is 15.2 Å². The Morgan fingerprint density at radius 3 is 2.55 bits per heavy atom. The largest absolute Gasteiger partial charge is 0.353 e. The molecule has 0 radical (unpaired) electrons. The van der Waals surface area contributed by atoms with Crippen molar-refractivity contribution in [3.8, 4) is 0 Å². The van der Waals surface area contributed by atoms with Crippen molar-refractivity contribution in [3.63, 3.8) is 0 Å². The molecule has 4 N–H and O–H groups in total. The molecular formula is C40H42Cl2FN7O5. The van der Waals surface area contributed by atoms with Gasteiger partial charge in [-0.25, -0.2) is 9.18 Å². The molecule has 55 heavy (non-hydrogen) atoms. The van der Waals surface area contributed by atoms with E-state index in [-0.39, 0.29) is 53.4 Å². The third-order valence-corrected chi connectivity index (χ3v) is 12.8. The van der Waals surface area contributed by atoms with Gasteiger partial charge in [0.25, 0.3) is 0 Å². The van der Waals surface area contributed by atoms with E-state index in [1.807, 2.05) is 36.2 Å². The molecule has 1 aliphatic carbocycles. The van der Waals surface area contributed by atoms with Gasteiger partial charge in [0.05, 0.1) is 22.1 Å². The minimum absolute atomic E-state index is 0.0847. The summed E-state index contributed by atoms with van der Waals surface area (Å²) >= 11 is 12.7. The molecule has 2 saturated heterocycles. The van der Waals surface area contributed by atoms with Crippen molar-refractivity contribution in [1.82, 2.24) is 30.0 Å². The number of benzene rings is 3. The number of piperidine rings is 1. The minimum Gasteiger partial charge on any atom is -0.353 e. The molecule has 2 spiro atoms. The molecule has 288 valence electrons. The van der Waals surface area contributed by atoms with Crippen LogP contribution in [0.5, 0.6) is 0 Å². The van der Waals surface area contributed by atoms with Crippen LogP contribution in [0, 0.1) is 5.82 Å². The van der Waals surface area contributed by atoms with Gasteiger partial charge in [0.1, 0.15) is 17.3 Å². The number of nitrogens with zero attached hydrogens (tertiary/aromatic N) is 3. The van der Waals surface area contributed by atoms with Gasteiger partial charge in [-0.05, 0) is 73.3 Å². The number of aromatic nitrogens is 2. The molecule has 8 rings (SSSR count). The lowest BCUT2D eigenvalue weighted by atomic mass is 9.55. The van der Waals surface area contributed by atoms with Crippen LogP contribution in [0.4, 0.5) is 10.1 Å². The molecule has 1 saturated carbocycles. The lowest BCUT2D eigenvalue weighted by Gasteiger charge is -2.47. The van der Waals surface area contributed by atoms with E-state index < -0.39 is 40.7 Å². The number of rotatable bonds is 8. The highest BCUT2D eigenvalue weighted by molar-refractivity contribution is 6.31. The third-order valence-electron chi connectivity index (χ3n) is 12.2. The molecule has 1 unspecified atom stereocenters. The summed E-state index contributed by atoms with van der Waals surface area (Å²) in [6.45, 7) is 1.22. The number of halogens is 3. The minimum atomic E-state index is -1.31. The smallest absolute Gasteiger partial charge is 0.329 e. The van der Waals surface area contributed by atoms with Crippen LogP contribution < -0.4 is 27.0 Å². The van der Waals surface area contributed by atoms with Crippen LogP contribution >= 0.6 is 23.2 Å². The molecule has 15 heteroatoms. The molecule has 4 atom stereocenters. The Balaban J connectivity index is 1.04. The highest BCUT2D eigenvalue weighted by Gasteiger charge is 2.72. The summed E-state index contributed by atoms with van der Waals surface area (Å²) < 4.78 is 19.1. The van der Waals surface area contributed by atoms with Crippen molar-refractivity contribution in [3.05, 3.63) is 97.6 Å². The van der Waals surface area contributed by atoms with Crippen LogP contribution in [-0.2, 0) is 38.2 Å². The summed E-state index contributed by atoms with van der Waals surface area (Å²) in [5, 5.41) is 12.5. The fourth-order valence-corrected chi connectivity index (χ4v) is 10.2. The molecule has 1 aromatic heterocycles. The zero-order chi connectivity index (χ0) is 38.8. The predicted molar refractivity (Wildman–Crippen MR) is 207 cm³/mol. The maximum absolute atomic E-state index is 16.2. The topological polar surface area (TPSA) is 147 Å². The monoisotopic (exact) mass is 789 g/mol. The number of fused-ring (bicyclic) bond motifs is 4. The Kier molecular flexibility index (Phi) is 9.64. The zero-order valence-corrected chi connectivity index (χ0v) is 32.0. The zero-order valence-electron chi connectivity index (χ0n) is 30.5. The van der Waals surface area contributed by atoms with E-state index in [4.69, 9.17) is 23.2 Å². The Morgan fingerprint density at radius 1 is 1.00 bits per heavy atom. The van der Waals surface area contributed by atoms with Crippen LogP contribution in [0.3, 0.4) is 0 Å². The molecule has 4 amide bonds. The molecule has 4 aromatic rings. The van der Waals surface area contributed by atoms with Gasteiger partial charge in [-0.2, -0.15) is 0 Å². The number of hydrogen-bond acceptors (Lipinski definition) is 7. The first kappa shape index (κ1) is 37.4. The number of likely N-dealkylation sites (N-methyl/N-ethyl adjacent to an activating group) is 1. The van der Waals surface area contributed by atoms with Crippen molar-refractivity contribution in [2.24, 2.45) is 7.05 Å².